The van der Waals surface area contributed by atoms with E-state index in [0.29, 0.717) is 11.0 Å². The van der Waals surface area contributed by atoms with E-state index in [4.69, 9.17) is 18.0 Å². The number of aryl methyl sites for hydroxylation is 1. The molecule has 1 saturated heterocycles. The number of hydrogen-bond acceptors (Lipinski definition) is 5. The van der Waals surface area contributed by atoms with E-state index in [1.54, 1.807) is 0 Å². The lowest BCUT2D eigenvalue weighted by molar-refractivity contribution is 0.314. The Morgan fingerprint density at radius 1 is 1.45 bits per heavy atom. The minimum atomic E-state index is 0.391. The summed E-state index contributed by atoms with van der Waals surface area (Å²) in [7, 11) is 4.21. The lowest BCUT2D eigenvalue weighted by atomic mass is 10.1. The second-order valence-corrected chi connectivity index (χ2v) is 6.07. The predicted molar refractivity (Wildman–Crippen MR) is 86.3 cm³/mol. The molecule has 6 heteroatoms. The van der Waals surface area contributed by atoms with Crippen molar-refractivity contribution in [2.45, 2.75) is 32.7 Å². The van der Waals surface area contributed by atoms with Crippen LogP contribution in [0.5, 0.6) is 0 Å². The zero-order chi connectivity index (χ0) is 14.9. The summed E-state index contributed by atoms with van der Waals surface area (Å²) >= 11 is 5.19. The lowest BCUT2D eigenvalue weighted by Crippen LogP contribution is -2.38. The molecule has 5 nitrogen and oxygen atoms in total. The van der Waals surface area contributed by atoms with E-state index < -0.39 is 0 Å². The molecule has 0 radical (unpaired) electrons. The maximum atomic E-state index is 5.88. The fraction of sp³-hybridized carbons (Fsp3) is 0.643. The highest BCUT2D eigenvalue weighted by Crippen LogP contribution is 2.23. The van der Waals surface area contributed by atoms with Crippen LogP contribution in [0.3, 0.4) is 0 Å². The first-order valence-corrected chi connectivity index (χ1v) is 7.37. The molecule has 0 bridgehead atoms. The molecule has 1 atom stereocenters. The van der Waals surface area contributed by atoms with Crippen molar-refractivity contribution >= 4 is 23.0 Å². The minimum Gasteiger partial charge on any atom is -0.389 e. The molecular weight excluding hydrogens is 270 g/mol. The SMILES string of the molecule is Cc1nnc(N(C)CC2CCCN2C)c(C(N)=S)c1C. The van der Waals surface area contributed by atoms with E-state index in [9.17, 15) is 0 Å². The van der Waals surface area contributed by atoms with Crippen LogP contribution in [0.15, 0.2) is 0 Å². The third kappa shape index (κ3) is 2.91. The van der Waals surface area contributed by atoms with Gasteiger partial charge in [-0.3, -0.25) is 0 Å². The maximum Gasteiger partial charge on any atom is 0.161 e. The predicted octanol–water partition coefficient (Wildman–Crippen LogP) is 1.26. The summed E-state index contributed by atoms with van der Waals surface area (Å²) in [6.07, 6.45) is 2.48. The zero-order valence-corrected chi connectivity index (χ0v) is 13.5. The Bertz CT molecular complexity index is 517. The first kappa shape index (κ1) is 15.1. The monoisotopic (exact) mass is 293 g/mol. The molecule has 1 aliphatic rings. The zero-order valence-electron chi connectivity index (χ0n) is 12.7. The smallest absolute Gasteiger partial charge is 0.161 e. The van der Waals surface area contributed by atoms with Crippen LogP contribution in [-0.2, 0) is 0 Å². The molecule has 110 valence electrons. The number of likely N-dealkylation sites (tertiary alicyclic amines) is 1. The molecule has 0 saturated carbocycles. The fourth-order valence-corrected chi connectivity index (χ4v) is 3.02. The molecule has 1 unspecified atom stereocenters. The van der Waals surface area contributed by atoms with Gasteiger partial charge in [0, 0.05) is 19.6 Å². The highest BCUT2D eigenvalue weighted by molar-refractivity contribution is 7.80. The average Bonchev–Trinajstić information content (AvgIpc) is 2.77. The minimum absolute atomic E-state index is 0.391. The van der Waals surface area contributed by atoms with Gasteiger partial charge in [0.1, 0.15) is 4.99 Å². The third-order valence-electron chi connectivity index (χ3n) is 4.20. The summed E-state index contributed by atoms with van der Waals surface area (Å²) in [6, 6.07) is 0.558. The third-order valence-corrected chi connectivity index (χ3v) is 4.40. The summed E-state index contributed by atoms with van der Waals surface area (Å²) in [6.45, 7) is 6.01. The number of thiocarbonyl (C=S) groups is 1. The van der Waals surface area contributed by atoms with Gasteiger partial charge in [0.25, 0.3) is 0 Å². The van der Waals surface area contributed by atoms with Gasteiger partial charge < -0.3 is 15.5 Å². The fourth-order valence-electron chi connectivity index (χ4n) is 2.77. The Morgan fingerprint density at radius 2 is 2.15 bits per heavy atom. The highest BCUT2D eigenvalue weighted by atomic mass is 32.1. The van der Waals surface area contributed by atoms with E-state index in [1.807, 2.05) is 20.9 Å². The Morgan fingerprint density at radius 3 is 2.70 bits per heavy atom. The summed E-state index contributed by atoms with van der Waals surface area (Å²) in [4.78, 5) is 4.91. The van der Waals surface area contributed by atoms with E-state index in [2.05, 4.69) is 27.0 Å². The van der Waals surface area contributed by atoms with Crippen LogP contribution in [-0.4, -0.2) is 53.3 Å². The Labute approximate surface area is 126 Å². The van der Waals surface area contributed by atoms with E-state index in [0.717, 1.165) is 29.2 Å². The molecule has 1 aromatic rings. The number of aromatic nitrogens is 2. The molecule has 1 aromatic heterocycles. The molecule has 0 aliphatic carbocycles. The number of nitrogens with two attached hydrogens (primary N) is 1. The molecular formula is C14H23N5S. The number of hydrogen-bond donors (Lipinski definition) is 1. The summed E-state index contributed by atoms with van der Waals surface area (Å²) in [5.41, 5.74) is 8.64. The van der Waals surface area contributed by atoms with Crippen LogP contribution in [0.25, 0.3) is 0 Å². The van der Waals surface area contributed by atoms with Gasteiger partial charge in [0.2, 0.25) is 0 Å². The number of nitrogens with zero attached hydrogens (tertiary/aromatic N) is 4. The first-order chi connectivity index (χ1) is 9.41. The van der Waals surface area contributed by atoms with E-state index >= 15 is 0 Å². The van der Waals surface area contributed by atoms with Crippen molar-refractivity contribution in [3.05, 3.63) is 16.8 Å². The molecule has 2 N–H and O–H groups in total. The summed E-state index contributed by atoms with van der Waals surface area (Å²) < 4.78 is 0. The summed E-state index contributed by atoms with van der Waals surface area (Å²) in [5, 5.41) is 8.53. The van der Waals surface area contributed by atoms with Gasteiger partial charge in [0.05, 0.1) is 11.3 Å². The first-order valence-electron chi connectivity index (χ1n) is 6.97. The van der Waals surface area contributed by atoms with Crippen LogP contribution in [0.1, 0.15) is 29.7 Å². The van der Waals surface area contributed by atoms with Crippen LogP contribution in [0.4, 0.5) is 5.82 Å². The van der Waals surface area contributed by atoms with Crippen molar-refractivity contribution in [3.8, 4) is 0 Å². The quantitative estimate of drug-likeness (QED) is 0.844. The van der Waals surface area contributed by atoms with Gasteiger partial charge in [-0.15, -0.1) is 5.10 Å². The van der Waals surface area contributed by atoms with Crippen molar-refractivity contribution in [1.82, 2.24) is 15.1 Å². The molecule has 2 heterocycles. The number of rotatable bonds is 4. The van der Waals surface area contributed by atoms with Gasteiger partial charge in [-0.05, 0) is 45.8 Å². The topological polar surface area (TPSA) is 58.3 Å². The molecule has 20 heavy (non-hydrogen) atoms. The Hall–Kier alpha value is -1.27. The molecule has 1 aliphatic heterocycles. The van der Waals surface area contributed by atoms with Gasteiger partial charge in [-0.25, -0.2) is 0 Å². The Kier molecular flexibility index (Phi) is 4.55. The molecule has 1 fully saturated rings. The van der Waals surface area contributed by atoms with Gasteiger partial charge >= 0.3 is 0 Å². The Balaban J connectivity index is 2.27. The van der Waals surface area contributed by atoms with Crippen LogP contribution < -0.4 is 10.6 Å². The van der Waals surface area contributed by atoms with Crippen molar-refractivity contribution in [3.63, 3.8) is 0 Å². The second kappa shape index (κ2) is 6.01. The standard InChI is InChI=1S/C14H23N5S/c1-9-10(2)16-17-14(12(9)13(15)20)19(4)8-11-6-5-7-18(11)3/h11H,5-8H2,1-4H3,(H2,15,20). The van der Waals surface area contributed by atoms with Crippen molar-refractivity contribution in [1.29, 1.82) is 0 Å². The molecule has 0 amide bonds. The lowest BCUT2D eigenvalue weighted by Gasteiger charge is -2.28. The second-order valence-electron chi connectivity index (χ2n) is 5.63. The van der Waals surface area contributed by atoms with Crippen LogP contribution in [0, 0.1) is 13.8 Å². The number of likely N-dealkylation sites (N-methyl/N-ethyl adjacent to an activating group) is 2. The largest absolute Gasteiger partial charge is 0.389 e. The van der Waals surface area contributed by atoms with Crippen LogP contribution >= 0.6 is 12.2 Å². The van der Waals surface area contributed by atoms with Crippen LogP contribution in [0.2, 0.25) is 0 Å². The van der Waals surface area contributed by atoms with E-state index in [1.165, 1.54) is 19.4 Å². The average molecular weight is 293 g/mol. The van der Waals surface area contributed by atoms with E-state index in [-0.39, 0.29) is 0 Å². The van der Waals surface area contributed by atoms with Crippen molar-refractivity contribution in [2.24, 2.45) is 5.73 Å². The highest BCUT2D eigenvalue weighted by Gasteiger charge is 2.24. The summed E-state index contributed by atoms with van der Waals surface area (Å²) in [5.74, 6) is 0.793. The molecule has 0 spiro atoms. The van der Waals surface area contributed by atoms with Crippen molar-refractivity contribution < 1.29 is 0 Å². The maximum absolute atomic E-state index is 5.88. The molecule has 0 aromatic carbocycles. The molecule has 2 rings (SSSR count). The normalized spacial score (nSPS) is 19.3. The number of anilines is 1. The van der Waals surface area contributed by atoms with Gasteiger partial charge in [-0.1, -0.05) is 12.2 Å². The van der Waals surface area contributed by atoms with Gasteiger partial charge in [-0.2, -0.15) is 5.10 Å². The van der Waals surface area contributed by atoms with Crippen molar-refractivity contribution in [2.75, 3.05) is 32.1 Å². The van der Waals surface area contributed by atoms with Gasteiger partial charge in [0.15, 0.2) is 5.82 Å².